The molecule has 1 amide bonds. The molecule has 2 aromatic carbocycles. The number of hydrogen-bond donors (Lipinski definition) is 1. The third-order valence-corrected chi connectivity index (χ3v) is 8.16. The predicted octanol–water partition coefficient (Wildman–Crippen LogP) is 4.37. The van der Waals surface area contributed by atoms with Crippen LogP contribution >= 0.6 is 0 Å². The van der Waals surface area contributed by atoms with Crippen LogP contribution < -0.4 is 5.32 Å². The summed E-state index contributed by atoms with van der Waals surface area (Å²) in [5.74, 6) is -1.22. The minimum Gasteiger partial charge on any atom is -0.444 e. The molecule has 0 unspecified atom stereocenters. The SMILES string of the molecule is CC(C)(C)OC(=O)NC1=N[C@](COCc2ccccc2)(c2ccccc2F)CS(=O)(=O)C1(C)C. The van der Waals surface area contributed by atoms with Gasteiger partial charge >= 0.3 is 6.09 Å². The molecule has 2 aromatic rings. The number of nitrogens with zero attached hydrogens (tertiary/aromatic N) is 1. The molecular weight excluding hydrogens is 459 g/mol. The van der Waals surface area contributed by atoms with Crippen LogP contribution in [0.4, 0.5) is 9.18 Å². The minimum atomic E-state index is -3.91. The number of amidine groups is 1. The van der Waals surface area contributed by atoms with Crippen molar-refractivity contribution in [3.63, 3.8) is 0 Å². The second kappa shape index (κ2) is 9.46. The van der Waals surface area contributed by atoms with Gasteiger partial charge in [-0.25, -0.2) is 17.6 Å². The summed E-state index contributed by atoms with van der Waals surface area (Å²) in [6.07, 6.45) is -0.843. The Morgan fingerprint density at radius 2 is 1.71 bits per heavy atom. The molecule has 0 saturated heterocycles. The number of halogens is 1. The smallest absolute Gasteiger partial charge is 0.413 e. The summed E-state index contributed by atoms with van der Waals surface area (Å²) in [5, 5.41) is 2.51. The monoisotopic (exact) mass is 490 g/mol. The molecule has 0 spiro atoms. The van der Waals surface area contributed by atoms with E-state index in [1.165, 1.54) is 32.0 Å². The Hall–Kier alpha value is -2.78. The highest BCUT2D eigenvalue weighted by Crippen LogP contribution is 2.39. The fourth-order valence-corrected chi connectivity index (χ4v) is 5.33. The van der Waals surface area contributed by atoms with E-state index in [0.29, 0.717) is 0 Å². The standard InChI is InChI=1S/C25H31FN2O5S/c1-23(2,3)33-22(29)27-21-24(4,5)34(30,31)17-25(28-21,19-13-9-10-14-20(19)26)16-32-15-18-11-7-6-8-12-18/h6-14H,15-17H2,1-5H3,(H,27,28,29)/t25-/m0/s1. The van der Waals surface area contributed by atoms with Crippen LogP contribution in [0, 0.1) is 5.82 Å². The van der Waals surface area contributed by atoms with Gasteiger partial charge in [0.05, 0.1) is 19.0 Å². The second-order valence-electron chi connectivity index (χ2n) is 9.85. The van der Waals surface area contributed by atoms with Crippen molar-refractivity contribution < 1.29 is 27.1 Å². The topological polar surface area (TPSA) is 94.1 Å². The first-order valence-electron chi connectivity index (χ1n) is 11.0. The summed E-state index contributed by atoms with van der Waals surface area (Å²) in [7, 11) is -3.91. The van der Waals surface area contributed by atoms with Crippen molar-refractivity contribution >= 4 is 21.8 Å². The van der Waals surface area contributed by atoms with Crippen LogP contribution in [0.15, 0.2) is 59.6 Å². The van der Waals surface area contributed by atoms with Gasteiger partial charge in [0, 0.05) is 5.56 Å². The van der Waals surface area contributed by atoms with E-state index in [4.69, 9.17) is 9.47 Å². The summed E-state index contributed by atoms with van der Waals surface area (Å²) >= 11 is 0. The second-order valence-corrected chi connectivity index (χ2v) is 12.4. The largest absolute Gasteiger partial charge is 0.444 e. The molecule has 1 aliphatic heterocycles. The molecule has 1 atom stereocenters. The molecule has 0 aromatic heterocycles. The third-order valence-electron chi connectivity index (χ3n) is 5.55. The molecule has 7 nitrogen and oxygen atoms in total. The number of aliphatic imine (C=N–C) groups is 1. The maximum atomic E-state index is 15.0. The van der Waals surface area contributed by atoms with Gasteiger partial charge in [0.25, 0.3) is 0 Å². The van der Waals surface area contributed by atoms with E-state index in [0.717, 1.165) is 5.56 Å². The molecule has 1 aliphatic rings. The highest BCUT2D eigenvalue weighted by molar-refractivity contribution is 7.93. The summed E-state index contributed by atoms with van der Waals surface area (Å²) in [6, 6.07) is 15.2. The van der Waals surface area contributed by atoms with Crippen LogP contribution in [0.25, 0.3) is 0 Å². The van der Waals surface area contributed by atoms with Crippen LogP contribution in [0.2, 0.25) is 0 Å². The van der Waals surface area contributed by atoms with Crippen LogP contribution in [-0.4, -0.2) is 43.1 Å². The first-order chi connectivity index (χ1) is 15.8. The summed E-state index contributed by atoms with van der Waals surface area (Å²) in [6.45, 7) is 7.96. The molecule has 184 valence electrons. The maximum Gasteiger partial charge on any atom is 0.413 e. The number of amides is 1. The molecule has 34 heavy (non-hydrogen) atoms. The van der Waals surface area contributed by atoms with Crippen LogP contribution in [0.3, 0.4) is 0 Å². The van der Waals surface area contributed by atoms with E-state index in [9.17, 15) is 17.6 Å². The molecule has 1 N–H and O–H groups in total. The molecule has 0 bridgehead atoms. The Bertz CT molecular complexity index is 1170. The average molecular weight is 491 g/mol. The van der Waals surface area contributed by atoms with E-state index < -0.39 is 43.4 Å². The number of carbonyl (C=O) groups is 1. The predicted molar refractivity (Wildman–Crippen MR) is 129 cm³/mol. The molecule has 3 rings (SSSR count). The quantitative estimate of drug-likeness (QED) is 0.672. The van der Waals surface area contributed by atoms with E-state index in [2.05, 4.69) is 10.3 Å². The van der Waals surface area contributed by atoms with Gasteiger partial charge in [-0.2, -0.15) is 0 Å². The molecular formula is C25H31FN2O5S. The highest BCUT2D eigenvalue weighted by Gasteiger charge is 2.53. The number of carbonyl (C=O) groups excluding carboxylic acids is 1. The lowest BCUT2D eigenvalue weighted by Gasteiger charge is -2.41. The van der Waals surface area contributed by atoms with Gasteiger partial charge in [-0.3, -0.25) is 10.3 Å². The lowest BCUT2D eigenvalue weighted by atomic mass is 9.91. The minimum absolute atomic E-state index is 0.0747. The van der Waals surface area contributed by atoms with Gasteiger partial charge < -0.3 is 9.47 Å². The lowest BCUT2D eigenvalue weighted by molar-refractivity contribution is 0.0557. The van der Waals surface area contributed by atoms with Crippen molar-refractivity contribution in [2.75, 3.05) is 12.4 Å². The van der Waals surface area contributed by atoms with Crippen LogP contribution in [-0.2, 0) is 31.5 Å². The molecule has 0 saturated carbocycles. The van der Waals surface area contributed by atoms with Crippen molar-refractivity contribution in [1.82, 2.24) is 5.32 Å². The van der Waals surface area contributed by atoms with E-state index in [1.807, 2.05) is 30.3 Å². The first kappa shape index (κ1) is 25.8. The molecule has 0 fully saturated rings. The van der Waals surface area contributed by atoms with Crippen molar-refractivity contribution in [2.45, 2.75) is 57.1 Å². The van der Waals surface area contributed by atoms with E-state index >= 15 is 0 Å². The summed E-state index contributed by atoms with van der Waals surface area (Å²) in [4.78, 5) is 17.2. The lowest BCUT2D eigenvalue weighted by Crippen LogP contribution is -2.59. The van der Waals surface area contributed by atoms with Crippen LogP contribution in [0.1, 0.15) is 45.7 Å². The Labute approximate surface area is 200 Å². The fraction of sp³-hybridized carbons (Fsp3) is 0.440. The molecule has 0 radical (unpaired) electrons. The summed E-state index contributed by atoms with van der Waals surface area (Å²) < 4.78 is 51.6. The number of rotatable bonds is 5. The Morgan fingerprint density at radius 3 is 2.32 bits per heavy atom. The van der Waals surface area contributed by atoms with Crippen molar-refractivity contribution in [2.24, 2.45) is 4.99 Å². The molecule has 0 aliphatic carbocycles. The van der Waals surface area contributed by atoms with Crippen molar-refractivity contribution in [1.29, 1.82) is 0 Å². The fourth-order valence-electron chi connectivity index (χ4n) is 3.64. The number of hydrogen-bond acceptors (Lipinski definition) is 6. The van der Waals surface area contributed by atoms with E-state index in [-0.39, 0.29) is 24.6 Å². The number of benzene rings is 2. The maximum absolute atomic E-state index is 15.0. The Balaban J connectivity index is 2.06. The number of alkyl carbamates (subject to hydrolysis) is 1. The molecule has 1 heterocycles. The van der Waals surface area contributed by atoms with Crippen molar-refractivity contribution in [3.8, 4) is 0 Å². The Kier molecular flexibility index (Phi) is 7.19. The summed E-state index contributed by atoms with van der Waals surface area (Å²) in [5.41, 5.74) is -1.45. The normalized spacial score (nSPS) is 21.4. The van der Waals surface area contributed by atoms with Gasteiger partial charge in [0.1, 0.15) is 27.5 Å². The zero-order valence-corrected chi connectivity index (χ0v) is 20.9. The molecule has 9 heteroatoms. The van der Waals surface area contributed by atoms with Crippen molar-refractivity contribution in [3.05, 3.63) is 71.5 Å². The average Bonchev–Trinajstić information content (AvgIpc) is 2.71. The van der Waals surface area contributed by atoms with Gasteiger partial charge in [-0.1, -0.05) is 48.5 Å². The number of sulfone groups is 1. The van der Waals surface area contributed by atoms with E-state index in [1.54, 1.807) is 26.8 Å². The van der Waals surface area contributed by atoms with Gasteiger partial charge in [-0.05, 0) is 46.2 Å². The van der Waals surface area contributed by atoms with Crippen LogP contribution in [0.5, 0.6) is 0 Å². The number of nitrogens with one attached hydrogen (secondary N) is 1. The third kappa shape index (κ3) is 5.64. The zero-order chi connectivity index (χ0) is 25.2. The van der Waals surface area contributed by atoms with Gasteiger partial charge in [0.15, 0.2) is 9.84 Å². The Morgan fingerprint density at radius 1 is 1.09 bits per heavy atom. The zero-order valence-electron chi connectivity index (χ0n) is 20.1. The van der Waals surface area contributed by atoms with Gasteiger partial charge in [-0.15, -0.1) is 0 Å². The highest BCUT2D eigenvalue weighted by atomic mass is 32.2. The van der Waals surface area contributed by atoms with Gasteiger partial charge in [0.2, 0.25) is 0 Å². The first-order valence-corrected chi connectivity index (χ1v) is 12.6. The number of ether oxygens (including phenoxy) is 2.